The number of hydrogen-bond acceptors (Lipinski definition) is 2. The molecule has 23 heavy (non-hydrogen) atoms. The molecule has 0 aliphatic heterocycles. The van der Waals surface area contributed by atoms with Crippen molar-refractivity contribution in [1.82, 2.24) is 0 Å². The van der Waals surface area contributed by atoms with Gasteiger partial charge in [-0.1, -0.05) is 60.7 Å². The molecule has 0 aromatic heterocycles. The van der Waals surface area contributed by atoms with Gasteiger partial charge >= 0.3 is 0 Å². The van der Waals surface area contributed by atoms with Crippen LogP contribution in [0.4, 0.5) is 5.69 Å². The average molecular weight is 327 g/mol. The molecule has 0 spiro atoms. The fourth-order valence-electron chi connectivity index (χ4n) is 2.15. The first-order valence-electron chi connectivity index (χ1n) is 7.51. The lowest BCUT2D eigenvalue weighted by Crippen LogP contribution is -2.37. The standard InChI is InChI=1S/C19H21NO2S/c1-16(19(21)20(2)18-13-7-4-8-14-18)23(22)15-9-12-17-10-5-3-6-11-17/h3-14,16H,15H2,1-2H3/b12-9+. The van der Waals surface area contributed by atoms with Crippen molar-refractivity contribution in [3.8, 4) is 0 Å². The van der Waals surface area contributed by atoms with Crippen LogP contribution in [0.5, 0.6) is 0 Å². The Hall–Kier alpha value is -2.20. The Bertz CT molecular complexity index is 683. The maximum atomic E-state index is 12.4. The molecule has 0 fully saturated rings. The lowest BCUT2D eigenvalue weighted by Gasteiger charge is -2.20. The first-order valence-corrected chi connectivity index (χ1v) is 8.89. The molecule has 0 aliphatic rings. The molecule has 0 N–H and O–H groups in total. The summed E-state index contributed by atoms with van der Waals surface area (Å²) in [5.41, 5.74) is 1.87. The summed E-state index contributed by atoms with van der Waals surface area (Å²) in [6, 6.07) is 19.2. The molecule has 2 aromatic carbocycles. The second-order valence-corrected chi connectivity index (χ2v) is 7.04. The Morgan fingerprint density at radius 1 is 1.09 bits per heavy atom. The molecule has 2 rings (SSSR count). The summed E-state index contributed by atoms with van der Waals surface area (Å²) in [6.07, 6.45) is 3.79. The molecule has 0 saturated heterocycles. The van der Waals surface area contributed by atoms with Gasteiger partial charge in [-0.2, -0.15) is 0 Å². The van der Waals surface area contributed by atoms with Gasteiger partial charge in [-0.25, -0.2) is 0 Å². The van der Waals surface area contributed by atoms with E-state index in [1.54, 1.807) is 18.9 Å². The lowest BCUT2D eigenvalue weighted by atomic mass is 10.2. The topological polar surface area (TPSA) is 37.4 Å². The van der Waals surface area contributed by atoms with E-state index in [0.29, 0.717) is 5.75 Å². The van der Waals surface area contributed by atoms with Crippen LogP contribution in [0.25, 0.3) is 6.08 Å². The molecular formula is C19H21NO2S. The number of rotatable bonds is 6. The van der Waals surface area contributed by atoms with Crippen LogP contribution in [0.1, 0.15) is 12.5 Å². The number of carbonyl (C=O) groups excluding carboxylic acids is 1. The number of anilines is 1. The molecule has 0 saturated carbocycles. The zero-order chi connectivity index (χ0) is 16.7. The monoisotopic (exact) mass is 327 g/mol. The van der Waals surface area contributed by atoms with Crippen molar-refractivity contribution in [3.63, 3.8) is 0 Å². The van der Waals surface area contributed by atoms with Gasteiger partial charge in [0, 0.05) is 29.3 Å². The largest absolute Gasteiger partial charge is 0.314 e. The highest BCUT2D eigenvalue weighted by atomic mass is 32.2. The van der Waals surface area contributed by atoms with Crippen molar-refractivity contribution < 1.29 is 9.00 Å². The third-order valence-corrected chi connectivity index (χ3v) is 5.10. The van der Waals surface area contributed by atoms with Gasteiger partial charge in [0.25, 0.3) is 0 Å². The lowest BCUT2D eigenvalue weighted by molar-refractivity contribution is -0.117. The first-order chi connectivity index (χ1) is 11.1. The number of nitrogens with zero attached hydrogens (tertiary/aromatic N) is 1. The quantitative estimate of drug-likeness (QED) is 0.814. The second-order valence-electron chi connectivity index (χ2n) is 5.24. The Labute approximate surface area is 140 Å². The number of carbonyl (C=O) groups is 1. The Balaban J connectivity index is 1.94. The summed E-state index contributed by atoms with van der Waals surface area (Å²) >= 11 is 0. The number of amides is 1. The minimum Gasteiger partial charge on any atom is -0.314 e. The average Bonchev–Trinajstić information content (AvgIpc) is 2.61. The molecule has 2 unspecified atom stereocenters. The Morgan fingerprint density at radius 3 is 2.26 bits per heavy atom. The van der Waals surface area contributed by atoms with Crippen molar-refractivity contribution in [2.24, 2.45) is 0 Å². The van der Waals surface area contributed by atoms with Crippen LogP contribution in [0.15, 0.2) is 66.7 Å². The van der Waals surface area contributed by atoms with Crippen molar-refractivity contribution >= 4 is 28.5 Å². The van der Waals surface area contributed by atoms with Crippen LogP contribution >= 0.6 is 0 Å². The molecule has 0 radical (unpaired) electrons. The zero-order valence-corrected chi connectivity index (χ0v) is 14.2. The first kappa shape index (κ1) is 17.2. The fraction of sp³-hybridized carbons (Fsp3) is 0.211. The van der Waals surface area contributed by atoms with E-state index in [4.69, 9.17) is 0 Å². The molecule has 120 valence electrons. The summed E-state index contributed by atoms with van der Waals surface area (Å²) in [4.78, 5) is 14.0. The van der Waals surface area contributed by atoms with E-state index in [0.717, 1.165) is 11.3 Å². The molecule has 4 heteroatoms. The Kier molecular flexibility index (Phi) is 6.29. The minimum atomic E-state index is -1.24. The smallest absolute Gasteiger partial charge is 0.242 e. The van der Waals surface area contributed by atoms with Gasteiger partial charge in [-0.3, -0.25) is 9.00 Å². The molecule has 0 bridgehead atoms. The van der Waals surface area contributed by atoms with E-state index in [-0.39, 0.29) is 5.91 Å². The molecule has 1 amide bonds. The fourth-order valence-corrected chi connectivity index (χ4v) is 3.11. The molecule has 3 nitrogen and oxygen atoms in total. The minimum absolute atomic E-state index is 0.136. The molecule has 0 heterocycles. The van der Waals surface area contributed by atoms with Crippen LogP contribution in [0.3, 0.4) is 0 Å². The maximum absolute atomic E-state index is 12.4. The van der Waals surface area contributed by atoms with Crippen LogP contribution < -0.4 is 4.90 Å². The van der Waals surface area contributed by atoms with Crippen molar-refractivity contribution in [3.05, 3.63) is 72.3 Å². The van der Waals surface area contributed by atoms with Gasteiger partial charge < -0.3 is 4.90 Å². The summed E-state index contributed by atoms with van der Waals surface area (Å²) < 4.78 is 12.3. The summed E-state index contributed by atoms with van der Waals surface area (Å²) in [5, 5.41) is -0.541. The van der Waals surface area contributed by atoms with Crippen LogP contribution in [0, 0.1) is 0 Å². The zero-order valence-electron chi connectivity index (χ0n) is 13.4. The van der Waals surface area contributed by atoms with Crippen LogP contribution in [-0.4, -0.2) is 28.2 Å². The number of para-hydroxylation sites is 1. The Morgan fingerprint density at radius 2 is 1.65 bits per heavy atom. The summed E-state index contributed by atoms with van der Waals surface area (Å²) in [6.45, 7) is 1.72. The van der Waals surface area contributed by atoms with Crippen molar-refractivity contribution in [1.29, 1.82) is 0 Å². The predicted molar refractivity (Wildman–Crippen MR) is 97.8 cm³/mol. The van der Waals surface area contributed by atoms with Gasteiger partial charge in [0.05, 0.1) is 0 Å². The third kappa shape index (κ3) is 4.89. The van der Waals surface area contributed by atoms with E-state index >= 15 is 0 Å². The van der Waals surface area contributed by atoms with E-state index in [1.807, 2.05) is 72.8 Å². The van der Waals surface area contributed by atoms with Gasteiger partial charge in [-0.05, 0) is 24.6 Å². The summed E-state index contributed by atoms with van der Waals surface area (Å²) in [5.74, 6) is 0.229. The summed E-state index contributed by atoms with van der Waals surface area (Å²) in [7, 11) is 0.473. The van der Waals surface area contributed by atoms with E-state index in [2.05, 4.69) is 0 Å². The molecular weight excluding hydrogens is 306 g/mol. The van der Waals surface area contributed by atoms with Crippen molar-refractivity contribution in [2.75, 3.05) is 17.7 Å². The number of benzene rings is 2. The third-order valence-electron chi connectivity index (χ3n) is 3.59. The predicted octanol–water partition coefficient (Wildman–Crippen LogP) is 3.50. The van der Waals surface area contributed by atoms with Gasteiger partial charge in [0.1, 0.15) is 5.25 Å². The highest BCUT2D eigenvalue weighted by Crippen LogP contribution is 2.14. The maximum Gasteiger partial charge on any atom is 0.242 e. The molecule has 0 aliphatic carbocycles. The molecule has 2 atom stereocenters. The molecule has 2 aromatic rings. The van der Waals surface area contributed by atoms with Gasteiger partial charge in [0.2, 0.25) is 5.91 Å². The van der Waals surface area contributed by atoms with E-state index in [9.17, 15) is 9.00 Å². The van der Waals surface area contributed by atoms with Crippen molar-refractivity contribution in [2.45, 2.75) is 12.2 Å². The normalized spacial score (nSPS) is 13.7. The number of hydrogen-bond donors (Lipinski definition) is 0. The highest BCUT2D eigenvalue weighted by molar-refractivity contribution is 7.86. The second kappa shape index (κ2) is 8.44. The van der Waals surface area contributed by atoms with Crippen LogP contribution in [0.2, 0.25) is 0 Å². The van der Waals surface area contributed by atoms with E-state index in [1.165, 1.54) is 0 Å². The van der Waals surface area contributed by atoms with Gasteiger partial charge in [0.15, 0.2) is 0 Å². The highest BCUT2D eigenvalue weighted by Gasteiger charge is 2.23. The SMILES string of the molecule is CC(C(=O)N(C)c1ccccc1)S(=O)C/C=C/c1ccccc1. The van der Waals surface area contributed by atoms with E-state index < -0.39 is 16.0 Å². The van der Waals surface area contributed by atoms with Crippen LogP contribution in [-0.2, 0) is 15.6 Å². The van der Waals surface area contributed by atoms with Gasteiger partial charge in [-0.15, -0.1) is 0 Å².